The number of rotatable bonds is 12. The zero-order chi connectivity index (χ0) is 36.8. The first kappa shape index (κ1) is 37.2. The fourth-order valence-electron chi connectivity index (χ4n) is 5.45. The Morgan fingerprint density at radius 2 is 0.860 bits per heavy atom. The molecule has 2 nitrogen and oxygen atoms in total. The van der Waals surface area contributed by atoms with Gasteiger partial charge in [-0.2, -0.15) is 35.1 Å². The molecule has 2 N–H and O–H groups in total. The van der Waals surface area contributed by atoms with Gasteiger partial charge in [-0.15, -0.1) is 22.7 Å². The summed E-state index contributed by atoms with van der Waals surface area (Å²) in [6, 6.07) is 10.3. The summed E-state index contributed by atoms with van der Waals surface area (Å²) in [4.78, 5) is 1.41. The molecular formula is C36H28F10N2S2. The van der Waals surface area contributed by atoms with Crippen LogP contribution >= 0.6 is 22.7 Å². The standard InChI is InChI=1S/C36H28F10N2S2/c1-3-15-33(39,40)35(43,44)19-5-7-21(25(37)17-19)27-11-13-29(49-27)23-9-10-24(32(48)31(23)47)30-14-12-28(50-30)22-8-6-20(18-26(22)38)36(45,46)34(41,42)16-4-2/h5-14,17-18,47-48H,3-4,15-16H2,1-2H3. The largest absolute Gasteiger partial charge is 0.335 e. The molecule has 0 saturated heterocycles. The third-order valence-electron chi connectivity index (χ3n) is 8.19. The number of benzene rings is 2. The first-order valence-electron chi connectivity index (χ1n) is 15.3. The van der Waals surface area contributed by atoms with Crippen LogP contribution in [-0.4, -0.2) is 23.3 Å². The van der Waals surface area contributed by atoms with Crippen LogP contribution in [0.1, 0.15) is 60.4 Å². The second-order valence-corrected chi connectivity index (χ2v) is 13.9. The van der Waals surface area contributed by atoms with Gasteiger partial charge in [0.2, 0.25) is 0 Å². The van der Waals surface area contributed by atoms with Crippen LogP contribution in [0.5, 0.6) is 0 Å². The molecular weight excluding hydrogens is 715 g/mol. The van der Waals surface area contributed by atoms with E-state index >= 15 is 8.78 Å². The number of thiophene rings is 2. The van der Waals surface area contributed by atoms with Crippen molar-refractivity contribution in [2.24, 2.45) is 0 Å². The Morgan fingerprint density at radius 1 is 0.520 bits per heavy atom. The molecule has 0 unspecified atom stereocenters. The summed E-state index contributed by atoms with van der Waals surface area (Å²) in [5, 5.41) is 17.3. The van der Waals surface area contributed by atoms with E-state index in [-0.39, 0.29) is 56.3 Å². The smallest absolute Gasteiger partial charge is 0.298 e. The second-order valence-electron chi connectivity index (χ2n) is 11.7. The molecule has 4 aromatic rings. The van der Waals surface area contributed by atoms with E-state index in [0.29, 0.717) is 21.9 Å². The van der Waals surface area contributed by atoms with Gasteiger partial charge in [0.25, 0.3) is 0 Å². The average Bonchev–Trinajstić information content (AvgIpc) is 3.73. The highest BCUT2D eigenvalue weighted by molar-refractivity contribution is 7.18. The molecule has 2 aromatic carbocycles. The lowest BCUT2D eigenvalue weighted by atomic mass is 9.92. The van der Waals surface area contributed by atoms with E-state index in [4.69, 9.17) is 10.8 Å². The summed E-state index contributed by atoms with van der Waals surface area (Å²) in [5.74, 6) is -20.1. The van der Waals surface area contributed by atoms with Gasteiger partial charge in [0, 0.05) is 65.8 Å². The van der Waals surface area contributed by atoms with Crippen LogP contribution in [0.15, 0.2) is 72.8 Å². The zero-order valence-corrected chi connectivity index (χ0v) is 28.0. The monoisotopic (exact) mass is 742 g/mol. The Kier molecular flexibility index (Phi) is 10.1. The van der Waals surface area contributed by atoms with Crippen LogP contribution in [0.25, 0.3) is 32.0 Å². The fourth-order valence-corrected chi connectivity index (χ4v) is 7.58. The second kappa shape index (κ2) is 13.6. The van der Waals surface area contributed by atoms with E-state index in [1.165, 1.54) is 38.1 Å². The Bertz CT molecular complexity index is 1880. The summed E-state index contributed by atoms with van der Waals surface area (Å²) in [7, 11) is 0. The van der Waals surface area contributed by atoms with Gasteiger partial charge in [-0.05, 0) is 36.4 Å². The van der Waals surface area contributed by atoms with Crippen molar-refractivity contribution in [1.82, 2.24) is 0 Å². The molecule has 1 aliphatic rings. The number of allylic oxidation sites excluding steroid dienone is 4. The van der Waals surface area contributed by atoms with Gasteiger partial charge >= 0.3 is 23.7 Å². The molecule has 1 aliphatic carbocycles. The van der Waals surface area contributed by atoms with Crippen LogP contribution in [0.3, 0.4) is 0 Å². The maximum absolute atomic E-state index is 15.0. The minimum absolute atomic E-state index is 0.112. The van der Waals surface area contributed by atoms with Crippen molar-refractivity contribution in [3.8, 4) is 20.9 Å². The summed E-state index contributed by atoms with van der Waals surface area (Å²) in [5.41, 5.74) is -2.38. The fraction of sp³-hybridized carbons (Fsp3) is 0.278. The van der Waals surface area contributed by atoms with Gasteiger partial charge in [0.15, 0.2) is 0 Å². The number of halogens is 10. The Balaban J connectivity index is 1.38. The molecule has 0 radical (unpaired) electrons. The van der Waals surface area contributed by atoms with Gasteiger partial charge < -0.3 is 0 Å². The first-order valence-corrected chi connectivity index (χ1v) is 16.9. The first-order chi connectivity index (χ1) is 23.4. The van der Waals surface area contributed by atoms with Gasteiger partial charge in [-0.3, -0.25) is 10.8 Å². The molecule has 5 rings (SSSR count). The predicted molar refractivity (Wildman–Crippen MR) is 178 cm³/mol. The molecule has 0 aliphatic heterocycles. The van der Waals surface area contributed by atoms with E-state index < -0.39 is 59.3 Å². The molecule has 14 heteroatoms. The molecule has 264 valence electrons. The molecule has 2 heterocycles. The number of alkyl halides is 8. The van der Waals surface area contributed by atoms with E-state index in [1.807, 2.05) is 0 Å². The minimum atomic E-state index is -4.58. The topological polar surface area (TPSA) is 47.7 Å². The van der Waals surface area contributed by atoms with Crippen LogP contribution in [0, 0.1) is 22.5 Å². The van der Waals surface area contributed by atoms with Crippen LogP contribution in [-0.2, 0) is 11.8 Å². The van der Waals surface area contributed by atoms with E-state index in [1.54, 1.807) is 12.1 Å². The highest BCUT2D eigenvalue weighted by Crippen LogP contribution is 2.48. The third kappa shape index (κ3) is 6.59. The van der Waals surface area contributed by atoms with Gasteiger partial charge in [0.05, 0.1) is 11.4 Å². The molecule has 2 aromatic heterocycles. The SMILES string of the molecule is CCCC(F)(F)C(F)(F)c1ccc(-c2ccc(C3=CC=C(c4ccc(-c5ccc(C(F)(F)C(F)(F)CCC)cc5F)s4)C(=N)C3=N)s2)c(F)c1. The van der Waals surface area contributed by atoms with Gasteiger partial charge in [-0.25, -0.2) is 8.78 Å². The van der Waals surface area contributed by atoms with Crippen LogP contribution < -0.4 is 0 Å². The predicted octanol–water partition coefficient (Wildman–Crippen LogP) is 13.0. The Labute approximate surface area is 288 Å². The van der Waals surface area contributed by atoms with Gasteiger partial charge in [0.1, 0.15) is 11.6 Å². The van der Waals surface area contributed by atoms with Crippen molar-refractivity contribution in [2.45, 2.75) is 63.2 Å². The number of hydrogen-bond acceptors (Lipinski definition) is 4. The van der Waals surface area contributed by atoms with Crippen LogP contribution in [0.2, 0.25) is 0 Å². The highest BCUT2D eigenvalue weighted by atomic mass is 32.1. The van der Waals surface area contributed by atoms with Gasteiger partial charge in [-0.1, -0.05) is 63.1 Å². The molecule has 0 bridgehead atoms. The lowest BCUT2D eigenvalue weighted by Crippen LogP contribution is -2.37. The molecule has 0 spiro atoms. The average molecular weight is 743 g/mol. The molecule has 0 atom stereocenters. The van der Waals surface area contributed by atoms with E-state index in [2.05, 4.69) is 0 Å². The summed E-state index contributed by atoms with van der Waals surface area (Å²) < 4.78 is 144. The molecule has 0 amide bonds. The van der Waals surface area contributed by atoms with Crippen molar-refractivity contribution in [3.63, 3.8) is 0 Å². The maximum Gasteiger partial charge on any atom is 0.335 e. The number of hydrogen-bond donors (Lipinski definition) is 2. The van der Waals surface area contributed by atoms with Crippen molar-refractivity contribution >= 4 is 45.2 Å². The summed E-state index contributed by atoms with van der Waals surface area (Å²) in [6.07, 6.45) is 0.545. The third-order valence-corrected chi connectivity index (χ3v) is 10.5. The van der Waals surface area contributed by atoms with Crippen molar-refractivity contribution in [3.05, 3.63) is 105 Å². The van der Waals surface area contributed by atoms with E-state index in [9.17, 15) is 35.1 Å². The lowest BCUT2D eigenvalue weighted by Gasteiger charge is -2.26. The summed E-state index contributed by atoms with van der Waals surface area (Å²) in [6.45, 7) is 2.67. The normalized spacial score (nSPS) is 14.6. The highest BCUT2D eigenvalue weighted by Gasteiger charge is 2.57. The van der Waals surface area contributed by atoms with E-state index in [0.717, 1.165) is 46.9 Å². The lowest BCUT2D eigenvalue weighted by molar-refractivity contribution is -0.219. The number of nitrogens with one attached hydrogen (secondary N) is 2. The molecule has 0 saturated carbocycles. The molecule has 0 fully saturated rings. The maximum atomic E-state index is 15.0. The Hall–Kier alpha value is -4.04. The minimum Gasteiger partial charge on any atom is -0.298 e. The van der Waals surface area contributed by atoms with Crippen LogP contribution in [0.4, 0.5) is 43.9 Å². The van der Waals surface area contributed by atoms with Crippen molar-refractivity contribution in [1.29, 1.82) is 10.8 Å². The van der Waals surface area contributed by atoms with Crippen molar-refractivity contribution < 1.29 is 43.9 Å². The quantitative estimate of drug-likeness (QED) is 0.107. The van der Waals surface area contributed by atoms with Crippen molar-refractivity contribution in [2.75, 3.05) is 0 Å². The zero-order valence-electron chi connectivity index (χ0n) is 26.4. The Morgan fingerprint density at radius 3 is 1.18 bits per heavy atom. The molecule has 50 heavy (non-hydrogen) atoms. The summed E-state index contributed by atoms with van der Waals surface area (Å²) >= 11 is 1.99.